The van der Waals surface area contributed by atoms with Gasteiger partial charge in [0.25, 0.3) is 0 Å². The summed E-state index contributed by atoms with van der Waals surface area (Å²) in [7, 11) is 0. The van der Waals surface area contributed by atoms with Crippen molar-refractivity contribution in [1.82, 2.24) is 0 Å². The van der Waals surface area contributed by atoms with Crippen LogP contribution in [-0.2, 0) is 4.79 Å². The maximum atomic E-state index is 12.4. The molecule has 0 aliphatic carbocycles. The number of aliphatic hydroxyl groups is 1. The Kier molecular flexibility index (Phi) is 2.14. The Morgan fingerprint density at radius 1 is 1.67 bits per heavy atom. The second-order valence-corrected chi connectivity index (χ2v) is 2.31. The summed E-state index contributed by atoms with van der Waals surface area (Å²) in [5.41, 5.74) is -2.06. The van der Waals surface area contributed by atoms with Gasteiger partial charge in [0.15, 0.2) is 6.10 Å². The van der Waals surface area contributed by atoms with E-state index in [1.54, 1.807) is 0 Å². The van der Waals surface area contributed by atoms with Crippen molar-refractivity contribution in [2.24, 2.45) is 0 Å². The van der Waals surface area contributed by atoms with E-state index in [0.717, 1.165) is 13.8 Å². The highest BCUT2D eigenvalue weighted by molar-refractivity contribution is 5.73. The van der Waals surface area contributed by atoms with E-state index in [4.69, 9.17) is 10.2 Å². The number of halogens is 1. The second-order valence-electron chi connectivity index (χ2n) is 2.31. The van der Waals surface area contributed by atoms with Crippen molar-refractivity contribution in [2.45, 2.75) is 25.6 Å². The van der Waals surface area contributed by atoms with Crippen LogP contribution in [0.3, 0.4) is 0 Å². The van der Waals surface area contributed by atoms with Crippen LogP contribution in [0.15, 0.2) is 0 Å². The van der Waals surface area contributed by atoms with Crippen molar-refractivity contribution in [1.29, 1.82) is 0 Å². The third-order valence-corrected chi connectivity index (χ3v) is 0.884. The standard InChI is InChI=1S/C5H9FO3/c1-5(2,6)3(7)4(8)9/h3,7H,1-2H3,(H,8,9). The lowest BCUT2D eigenvalue weighted by Crippen LogP contribution is -2.38. The Morgan fingerprint density at radius 3 is 2.00 bits per heavy atom. The monoisotopic (exact) mass is 136 g/mol. The van der Waals surface area contributed by atoms with Crippen LogP contribution in [0.2, 0.25) is 0 Å². The molecule has 0 aromatic rings. The van der Waals surface area contributed by atoms with E-state index in [-0.39, 0.29) is 0 Å². The van der Waals surface area contributed by atoms with E-state index in [1.165, 1.54) is 0 Å². The molecule has 0 fully saturated rings. The van der Waals surface area contributed by atoms with Crippen LogP contribution in [0.25, 0.3) is 0 Å². The van der Waals surface area contributed by atoms with E-state index in [0.29, 0.717) is 0 Å². The lowest BCUT2D eigenvalue weighted by molar-refractivity contribution is -0.154. The molecule has 0 aromatic heterocycles. The normalized spacial score (nSPS) is 15.1. The lowest BCUT2D eigenvalue weighted by Gasteiger charge is -2.16. The smallest absolute Gasteiger partial charge is 0.335 e. The molecule has 1 atom stereocenters. The van der Waals surface area contributed by atoms with Gasteiger partial charge in [0, 0.05) is 0 Å². The highest BCUT2D eigenvalue weighted by Crippen LogP contribution is 2.13. The van der Waals surface area contributed by atoms with Gasteiger partial charge in [-0.05, 0) is 13.8 Å². The van der Waals surface area contributed by atoms with Gasteiger partial charge >= 0.3 is 5.97 Å². The number of aliphatic hydroxyl groups excluding tert-OH is 1. The molecule has 0 heterocycles. The Morgan fingerprint density at radius 2 is 2.00 bits per heavy atom. The van der Waals surface area contributed by atoms with E-state index < -0.39 is 17.7 Å². The zero-order valence-electron chi connectivity index (χ0n) is 5.26. The SMILES string of the molecule is CC(C)(F)C(O)C(=O)O. The summed E-state index contributed by atoms with van der Waals surface area (Å²) in [5.74, 6) is -1.54. The summed E-state index contributed by atoms with van der Waals surface area (Å²) in [4.78, 5) is 9.86. The highest BCUT2D eigenvalue weighted by atomic mass is 19.1. The summed E-state index contributed by atoms with van der Waals surface area (Å²) in [5, 5.41) is 16.5. The number of hydrogen-bond acceptors (Lipinski definition) is 2. The van der Waals surface area contributed by atoms with Crippen molar-refractivity contribution < 1.29 is 19.4 Å². The molecule has 0 saturated heterocycles. The van der Waals surface area contributed by atoms with Crippen molar-refractivity contribution >= 4 is 5.97 Å². The molecule has 0 saturated carbocycles. The third kappa shape index (κ3) is 2.41. The molecule has 2 N–H and O–H groups in total. The van der Waals surface area contributed by atoms with Crippen LogP contribution in [0.5, 0.6) is 0 Å². The fraction of sp³-hybridized carbons (Fsp3) is 0.800. The quantitative estimate of drug-likeness (QED) is 0.569. The zero-order valence-corrected chi connectivity index (χ0v) is 5.26. The predicted molar refractivity (Wildman–Crippen MR) is 28.8 cm³/mol. The molecule has 0 rings (SSSR count). The number of aliphatic carboxylic acids is 1. The number of carboxylic acids is 1. The maximum absolute atomic E-state index is 12.4. The Balaban J connectivity index is 4.04. The first-order valence-corrected chi connectivity index (χ1v) is 2.45. The number of carboxylic acid groups (broad SMARTS) is 1. The fourth-order valence-corrected chi connectivity index (χ4v) is 0.294. The molecule has 0 spiro atoms. The summed E-state index contributed by atoms with van der Waals surface area (Å²) in [6.45, 7) is 2.01. The van der Waals surface area contributed by atoms with Crippen LogP contribution >= 0.6 is 0 Å². The average molecular weight is 136 g/mol. The predicted octanol–water partition coefficient (Wildman–Crippen LogP) is 0.180. The Hall–Kier alpha value is -0.640. The molecule has 1 unspecified atom stereocenters. The minimum Gasteiger partial charge on any atom is -0.479 e. The third-order valence-electron chi connectivity index (χ3n) is 0.884. The van der Waals surface area contributed by atoms with Gasteiger partial charge in [-0.2, -0.15) is 0 Å². The van der Waals surface area contributed by atoms with Gasteiger partial charge in [0.1, 0.15) is 5.67 Å². The van der Waals surface area contributed by atoms with Gasteiger partial charge in [-0.1, -0.05) is 0 Å². The summed E-state index contributed by atoms with van der Waals surface area (Å²) in [6, 6.07) is 0. The first-order chi connectivity index (χ1) is 3.85. The van der Waals surface area contributed by atoms with Gasteiger partial charge in [-0.15, -0.1) is 0 Å². The molecule has 0 radical (unpaired) electrons. The molecule has 4 heteroatoms. The lowest BCUT2D eigenvalue weighted by atomic mass is 10.1. The second kappa shape index (κ2) is 2.31. The number of hydrogen-bond donors (Lipinski definition) is 2. The molecule has 3 nitrogen and oxygen atoms in total. The first-order valence-electron chi connectivity index (χ1n) is 2.45. The zero-order chi connectivity index (χ0) is 7.65. The van der Waals surface area contributed by atoms with E-state index in [2.05, 4.69) is 0 Å². The van der Waals surface area contributed by atoms with Gasteiger partial charge < -0.3 is 10.2 Å². The minimum atomic E-state index is -2.06. The van der Waals surface area contributed by atoms with Crippen LogP contribution in [0.4, 0.5) is 4.39 Å². The topological polar surface area (TPSA) is 57.5 Å². The molecule has 0 bridgehead atoms. The molecular weight excluding hydrogens is 127 g/mol. The van der Waals surface area contributed by atoms with Gasteiger partial charge in [-0.3, -0.25) is 0 Å². The molecular formula is C5H9FO3. The molecule has 0 aromatic carbocycles. The minimum absolute atomic E-state index is 1.01. The molecule has 0 aliphatic heterocycles. The maximum Gasteiger partial charge on any atom is 0.335 e. The summed E-state index contributed by atoms with van der Waals surface area (Å²) < 4.78 is 12.4. The summed E-state index contributed by atoms with van der Waals surface area (Å²) >= 11 is 0. The average Bonchev–Trinajstić information content (AvgIpc) is 1.62. The molecule has 54 valence electrons. The van der Waals surface area contributed by atoms with E-state index in [9.17, 15) is 9.18 Å². The van der Waals surface area contributed by atoms with Crippen LogP contribution in [-0.4, -0.2) is 28.0 Å². The van der Waals surface area contributed by atoms with Crippen molar-refractivity contribution in [3.63, 3.8) is 0 Å². The van der Waals surface area contributed by atoms with Gasteiger partial charge in [-0.25, -0.2) is 9.18 Å². The van der Waals surface area contributed by atoms with Crippen molar-refractivity contribution in [3.05, 3.63) is 0 Å². The highest BCUT2D eigenvalue weighted by Gasteiger charge is 2.32. The van der Waals surface area contributed by atoms with Gasteiger partial charge in [0.2, 0.25) is 0 Å². The fourth-order valence-electron chi connectivity index (χ4n) is 0.294. The van der Waals surface area contributed by atoms with Crippen LogP contribution < -0.4 is 0 Å². The van der Waals surface area contributed by atoms with Crippen LogP contribution in [0, 0.1) is 0 Å². The summed E-state index contributed by atoms with van der Waals surface area (Å²) in [6.07, 6.45) is -1.93. The van der Waals surface area contributed by atoms with Crippen LogP contribution in [0.1, 0.15) is 13.8 Å². The Bertz CT molecular complexity index is 116. The van der Waals surface area contributed by atoms with E-state index in [1.807, 2.05) is 0 Å². The van der Waals surface area contributed by atoms with Crippen molar-refractivity contribution in [3.8, 4) is 0 Å². The van der Waals surface area contributed by atoms with E-state index >= 15 is 0 Å². The van der Waals surface area contributed by atoms with Crippen molar-refractivity contribution in [2.75, 3.05) is 0 Å². The Labute approximate surface area is 52.1 Å². The first kappa shape index (κ1) is 8.36. The molecule has 9 heavy (non-hydrogen) atoms. The number of rotatable bonds is 2. The number of alkyl halides is 1. The molecule has 0 aliphatic rings. The largest absolute Gasteiger partial charge is 0.479 e. The van der Waals surface area contributed by atoms with Gasteiger partial charge in [0.05, 0.1) is 0 Å². The molecule has 0 amide bonds. The number of carbonyl (C=O) groups is 1.